The molecule has 88 valence electrons. The second-order valence-electron chi connectivity index (χ2n) is 3.35. The normalized spacial score (nSPS) is 25.7. The summed E-state index contributed by atoms with van der Waals surface area (Å²) in [5.41, 5.74) is 0. The molecule has 1 nitrogen and oxygen atoms in total. The van der Waals surface area contributed by atoms with E-state index in [1.54, 1.807) is 0 Å². The van der Waals surface area contributed by atoms with Crippen molar-refractivity contribution in [3.63, 3.8) is 0 Å². The Kier molecular flexibility index (Phi) is 12.8. The maximum Gasteiger partial charge on any atom is 0.0424 e. The Hall–Kier alpha value is -0.110. The molecule has 2 atom stereocenters. The van der Waals surface area contributed by atoms with Crippen molar-refractivity contribution in [2.24, 2.45) is 5.92 Å². The lowest BCUT2D eigenvalue weighted by Gasteiger charge is -2.30. The number of hydrogen-bond acceptors (Lipinski definition) is 1. The summed E-state index contributed by atoms with van der Waals surface area (Å²) in [6.45, 7) is 10.1. The minimum Gasteiger partial charge on any atom is -0.146 e. The number of rotatable bonds is 1. The van der Waals surface area contributed by atoms with Crippen molar-refractivity contribution >= 4 is 0 Å². The Morgan fingerprint density at radius 2 is 1.43 bits per heavy atom. The van der Waals surface area contributed by atoms with Crippen LogP contribution < -0.4 is 0 Å². The molecule has 1 saturated carbocycles. The first-order valence-corrected chi connectivity index (χ1v) is 6.10. The summed E-state index contributed by atoms with van der Waals surface area (Å²) in [4.78, 5) is 0. The lowest BCUT2D eigenvalue weighted by molar-refractivity contribution is -0.0291. The number of nitrogens with zero attached hydrogens (tertiary/aromatic N) is 1. The van der Waals surface area contributed by atoms with E-state index in [2.05, 4.69) is 6.92 Å². The highest BCUT2D eigenvalue weighted by atomic mass is 19.2. The van der Waals surface area contributed by atoms with Crippen LogP contribution in [0.2, 0.25) is 0 Å². The fraction of sp³-hybridized carbons (Fsp3) is 1.00. The van der Waals surface area contributed by atoms with Crippen molar-refractivity contribution in [2.75, 3.05) is 7.05 Å². The Morgan fingerprint density at radius 1 is 1.00 bits per heavy atom. The number of hydrogen-bond donors (Lipinski definition) is 0. The second kappa shape index (κ2) is 11.0. The zero-order chi connectivity index (χ0) is 11.6. The van der Waals surface area contributed by atoms with Crippen LogP contribution in [0.3, 0.4) is 0 Å². The molecule has 1 aliphatic carbocycles. The Balaban J connectivity index is 0. The molecule has 0 bridgehead atoms. The molecule has 0 aliphatic heterocycles. The molecule has 1 aliphatic rings. The van der Waals surface area contributed by atoms with Crippen molar-refractivity contribution < 1.29 is 4.48 Å². The summed E-state index contributed by atoms with van der Waals surface area (Å²) in [6.07, 6.45) is 4.71. The molecule has 0 radical (unpaired) electrons. The third-order valence-corrected chi connectivity index (χ3v) is 2.52. The minimum absolute atomic E-state index is 0.189. The van der Waals surface area contributed by atoms with Crippen LogP contribution in [0.4, 0.5) is 4.48 Å². The molecule has 0 aromatic carbocycles. The highest BCUT2D eigenvalue weighted by molar-refractivity contribution is 4.75. The minimum atomic E-state index is 0.189. The number of halogens is 1. The quantitative estimate of drug-likeness (QED) is 0.572. The summed E-state index contributed by atoms with van der Waals surface area (Å²) in [6, 6.07) is 0.189. The molecule has 0 amide bonds. The monoisotopic (exact) mass is 205 g/mol. The van der Waals surface area contributed by atoms with Gasteiger partial charge in [-0.1, -0.05) is 47.5 Å². The van der Waals surface area contributed by atoms with Crippen molar-refractivity contribution in [3.8, 4) is 0 Å². The molecule has 1 rings (SSSR count). The van der Waals surface area contributed by atoms with E-state index in [1.165, 1.54) is 26.3 Å². The van der Waals surface area contributed by atoms with E-state index >= 15 is 0 Å². The molecule has 0 aromatic rings. The standard InChI is InChI=1S/C8H16FN.2C2H6/c1-7-5-3-4-6-8(7)10(2)9;2*1-2/h7-8H,3-6H2,1-2H3;2*1-2H3. The van der Waals surface area contributed by atoms with Crippen LogP contribution in [0, 0.1) is 5.92 Å². The van der Waals surface area contributed by atoms with E-state index in [9.17, 15) is 4.48 Å². The van der Waals surface area contributed by atoms with Crippen LogP contribution in [-0.4, -0.2) is 18.2 Å². The van der Waals surface area contributed by atoms with Crippen LogP contribution in [0.5, 0.6) is 0 Å². The van der Waals surface area contributed by atoms with E-state index in [1.807, 2.05) is 27.7 Å². The van der Waals surface area contributed by atoms with Crippen LogP contribution in [0.1, 0.15) is 60.3 Å². The highest BCUT2D eigenvalue weighted by Gasteiger charge is 2.24. The van der Waals surface area contributed by atoms with Gasteiger partial charge in [-0.25, -0.2) is 0 Å². The van der Waals surface area contributed by atoms with E-state index in [-0.39, 0.29) is 6.04 Å². The van der Waals surface area contributed by atoms with Crippen molar-refractivity contribution in [2.45, 2.75) is 66.3 Å². The van der Waals surface area contributed by atoms with Crippen LogP contribution in [-0.2, 0) is 0 Å². The SMILES string of the molecule is CC.CC.CC1CCCCC1N(C)F. The molecule has 0 spiro atoms. The summed E-state index contributed by atoms with van der Waals surface area (Å²) in [5.74, 6) is 0.545. The Labute approximate surface area is 89.6 Å². The first-order valence-electron chi connectivity index (χ1n) is 6.10. The smallest absolute Gasteiger partial charge is 0.0424 e. The lowest BCUT2D eigenvalue weighted by atomic mass is 9.86. The van der Waals surface area contributed by atoms with Gasteiger partial charge >= 0.3 is 0 Å². The van der Waals surface area contributed by atoms with Crippen molar-refractivity contribution in [1.29, 1.82) is 0 Å². The van der Waals surface area contributed by atoms with Crippen LogP contribution >= 0.6 is 0 Å². The molecule has 0 saturated heterocycles. The first kappa shape index (κ1) is 16.3. The maximum atomic E-state index is 12.7. The van der Waals surface area contributed by atoms with E-state index < -0.39 is 0 Å². The summed E-state index contributed by atoms with van der Waals surface area (Å²) in [7, 11) is 1.53. The first-order chi connectivity index (χ1) is 6.72. The molecule has 14 heavy (non-hydrogen) atoms. The van der Waals surface area contributed by atoms with Gasteiger partial charge in [-0.15, -0.1) is 9.60 Å². The fourth-order valence-electron chi connectivity index (χ4n) is 1.83. The summed E-state index contributed by atoms with van der Waals surface area (Å²) in [5, 5.41) is 0.879. The molecular formula is C12H28FN. The Bertz CT molecular complexity index is 104. The predicted octanol–water partition coefficient (Wildman–Crippen LogP) is 4.43. The van der Waals surface area contributed by atoms with Gasteiger partial charge in [0.25, 0.3) is 0 Å². The van der Waals surface area contributed by atoms with E-state index in [0.29, 0.717) is 5.92 Å². The highest BCUT2D eigenvalue weighted by Crippen LogP contribution is 2.27. The average Bonchev–Trinajstić information content (AvgIpc) is 2.24. The van der Waals surface area contributed by atoms with Gasteiger partial charge in [0, 0.05) is 13.1 Å². The predicted molar refractivity (Wildman–Crippen MR) is 63.0 cm³/mol. The molecule has 0 heterocycles. The van der Waals surface area contributed by atoms with Gasteiger partial charge in [0.15, 0.2) is 0 Å². The van der Waals surface area contributed by atoms with Crippen molar-refractivity contribution in [3.05, 3.63) is 0 Å². The molecule has 1 fully saturated rings. The topological polar surface area (TPSA) is 3.24 Å². The average molecular weight is 205 g/mol. The van der Waals surface area contributed by atoms with Gasteiger partial charge in [0.1, 0.15) is 0 Å². The molecule has 2 heteroatoms. The summed E-state index contributed by atoms with van der Waals surface area (Å²) < 4.78 is 12.7. The third-order valence-electron chi connectivity index (χ3n) is 2.52. The van der Waals surface area contributed by atoms with Crippen LogP contribution in [0.15, 0.2) is 0 Å². The zero-order valence-electron chi connectivity index (χ0n) is 10.8. The molecule has 0 aromatic heterocycles. The zero-order valence-corrected chi connectivity index (χ0v) is 10.8. The molecule has 2 unspecified atom stereocenters. The van der Waals surface area contributed by atoms with Crippen LogP contribution in [0.25, 0.3) is 0 Å². The van der Waals surface area contributed by atoms with E-state index in [4.69, 9.17) is 0 Å². The Morgan fingerprint density at radius 3 is 1.71 bits per heavy atom. The van der Waals surface area contributed by atoms with Gasteiger partial charge < -0.3 is 0 Å². The van der Waals surface area contributed by atoms with Crippen molar-refractivity contribution in [1.82, 2.24) is 5.12 Å². The van der Waals surface area contributed by atoms with Gasteiger partial charge in [0.2, 0.25) is 0 Å². The maximum absolute atomic E-state index is 12.7. The lowest BCUT2D eigenvalue weighted by Crippen LogP contribution is -2.33. The van der Waals surface area contributed by atoms with E-state index in [0.717, 1.165) is 11.5 Å². The largest absolute Gasteiger partial charge is 0.146 e. The molecular weight excluding hydrogens is 177 g/mol. The van der Waals surface area contributed by atoms with Gasteiger partial charge in [0.05, 0.1) is 0 Å². The summed E-state index contributed by atoms with van der Waals surface area (Å²) >= 11 is 0. The third kappa shape index (κ3) is 6.36. The molecule has 0 N–H and O–H groups in total. The fourth-order valence-corrected chi connectivity index (χ4v) is 1.83. The van der Waals surface area contributed by atoms with Gasteiger partial charge in [-0.3, -0.25) is 0 Å². The van der Waals surface area contributed by atoms with Gasteiger partial charge in [-0.2, -0.15) is 0 Å². The second-order valence-corrected chi connectivity index (χ2v) is 3.35. The van der Waals surface area contributed by atoms with Gasteiger partial charge in [-0.05, 0) is 18.8 Å².